The summed E-state index contributed by atoms with van der Waals surface area (Å²) < 4.78 is 5.72. The van der Waals surface area contributed by atoms with E-state index in [1.807, 2.05) is 20.2 Å². The van der Waals surface area contributed by atoms with E-state index in [0.29, 0.717) is 5.56 Å². The molecule has 0 saturated carbocycles. The van der Waals surface area contributed by atoms with Gasteiger partial charge in [0, 0.05) is 25.8 Å². The number of ether oxygens (including phenoxy) is 1. The topological polar surface area (TPSA) is 52.4 Å². The summed E-state index contributed by atoms with van der Waals surface area (Å²) >= 11 is 0. The van der Waals surface area contributed by atoms with Crippen molar-refractivity contribution >= 4 is 5.82 Å². The van der Waals surface area contributed by atoms with Gasteiger partial charge in [-0.2, -0.15) is 5.26 Å². The Kier molecular flexibility index (Phi) is 4.13. The van der Waals surface area contributed by atoms with Crippen LogP contribution >= 0.6 is 0 Å². The van der Waals surface area contributed by atoms with Crippen LogP contribution in [0.1, 0.15) is 5.56 Å². The molecule has 1 aliphatic rings. The van der Waals surface area contributed by atoms with Crippen LogP contribution in [0.25, 0.3) is 0 Å². The van der Waals surface area contributed by atoms with Crippen LogP contribution in [0.2, 0.25) is 0 Å². The average Bonchev–Trinajstić information content (AvgIpc) is 2.38. The highest BCUT2D eigenvalue weighted by molar-refractivity contribution is 5.42. The Hall–Kier alpha value is -1.64. The van der Waals surface area contributed by atoms with Crippen molar-refractivity contribution in [3.05, 3.63) is 23.9 Å². The van der Waals surface area contributed by atoms with Crippen molar-refractivity contribution in [2.24, 2.45) is 0 Å². The molecule has 1 saturated heterocycles. The molecule has 0 N–H and O–H groups in total. The maximum absolute atomic E-state index is 8.75. The fourth-order valence-corrected chi connectivity index (χ4v) is 2.08. The number of pyridine rings is 1. The quantitative estimate of drug-likeness (QED) is 0.786. The summed E-state index contributed by atoms with van der Waals surface area (Å²) in [5.74, 6) is 0.918. The first kappa shape index (κ1) is 12.8. The first-order valence-electron chi connectivity index (χ1n) is 6.06. The van der Waals surface area contributed by atoms with Crippen molar-refractivity contribution in [2.45, 2.75) is 6.10 Å². The zero-order valence-corrected chi connectivity index (χ0v) is 10.8. The number of nitrogens with zero attached hydrogens (tertiary/aromatic N) is 4. The molecular weight excluding hydrogens is 228 g/mol. The molecule has 5 heteroatoms. The SMILES string of the molecule is CN(C)CC1CN(c2ccc(C#N)cn2)CCO1. The average molecular weight is 246 g/mol. The van der Waals surface area contributed by atoms with E-state index >= 15 is 0 Å². The Balaban J connectivity index is 2.01. The summed E-state index contributed by atoms with van der Waals surface area (Å²) in [6, 6.07) is 5.78. The van der Waals surface area contributed by atoms with Crippen LogP contribution in [0.3, 0.4) is 0 Å². The van der Waals surface area contributed by atoms with Crippen LogP contribution in [0.4, 0.5) is 5.82 Å². The van der Waals surface area contributed by atoms with Gasteiger partial charge in [0.2, 0.25) is 0 Å². The minimum absolute atomic E-state index is 0.214. The van der Waals surface area contributed by atoms with Crippen LogP contribution in [-0.4, -0.2) is 56.3 Å². The molecule has 1 unspecified atom stereocenters. The van der Waals surface area contributed by atoms with E-state index in [9.17, 15) is 0 Å². The van der Waals surface area contributed by atoms with E-state index in [-0.39, 0.29) is 6.10 Å². The second-order valence-corrected chi connectivity index (χ2v) is 4.72. The first-order chi connectivity index (χ1) is 8.69. The molecule has 0 radical (unpaired) electrons. The number of hydrogen-bond acceptors (Lipinski definition) is 5. The second-order valence-electron chi connectivity index (χ2n) is 4.72. The molecule has 1 aromatic rings. The highest BCUT2D eigenvalue weighted by Gasteiger charge is 2.21. The molecule has 0 amide bonds. The molecule has 96 valence electrons. The van der Waals surface area contributed by atoms with Gasteiger partial charge in [0.05, 0.1) is 18.3 Å². The maximum atomic E-state index is 8.75. The van der Waals surface area contributed by atoms with Gasteiger partial charge in [0.1, 0.15) is 11.9 Å². The zero-order valence-electron chi connectivity index (χ0n) is 10.8. The van der Waals surface area contributed by atoms with Crippen molar-refractivity contribution in [2.75, 3.05) is 45.2 Å². The second kappa shape index (κ2) is 5.80. The minimum atomic E-state index is 0.214. The fraction of sp³-hybridized carbons (Fsp3) is 0.538. The van der Waals surface area contributed by atoms with Crippen molar-refractivity contribution in [1.82, 2.24) is 9.88 Å². The van der Waals surface area contributed by atoms with Gasteiger partial charge in [-0.3, -0.25) is 0 Å². The van der Waals surface area contributed by atoms with Crippen LogP contribution in [0, 0.1) is 11.3 Å². The highest BCUT2D eigenvalue weighted by atomic mass is 16.5. The molecule has 0 bridgehead atoms. The number of likely N-dealkylation sites (N-methyl/N-ethyl adjacent to an activating group) is 1. The third-order valence-electron chi connectivity index (χ3n) is 2.91. The molecule has 1 aromatic heterocycles. The summed E-state index contributed by atoms with van der Waals surface area (Å²) in [4.78, 5) is 8.65. The number of nitriles is 1. The number of morpholine rings is 1. The number of aromatic nitrogens is 1. The van der Waals surface area contributed by atoms with Gasteiger partial charge in [-0.05, 0) is 26.2 Å². The minimum Gasteiger partial charge on any atom is -0.373 e. The third kappa shape index (κ3) is 3.19. The van der Waals surface area contributed by atoms with Gasteiger partial charge in [-0.15, -0.1) is 0 Å². The molecule has 2 rings (SSSR count). The molecule has 0 spiro atoms. The monoisotopic (exact) mass is 246 g/mol. The van der Waals surface area contributed by atoms with Crippen molar-refractivity contribution in [3.8, 4) is 6.07 Å². The van der Waals surface area contributed by atoms with Crippen molar-refractivity contribution < 1.29 is 4.74 Å². The van der Waals surface area contributed by atoms with Crippen LogP contribution < -0.4 is 4.90 Å². The summed E-state index contributed by atoms with van der Waals surface area (Å²) in [6.45, 7) is 3.33. The Morgan fingerprint density at radius 2 is 2.39 bits per heavy atom. The molecule has 5 nitrogen and oxygen atoms in total. The van der Waals surface area contributed by atoms with E-state index in [0.717, 1.165) is 32.1 Å². The van der Waals surface area contributed by atoms with Crippen molar-refractivity contribution in [1.29, 1.82) is 5.26 Å². The molecule has 1 atom stereocenters. The van der Waals surface area contributed by atoms with Gasteiger partial charge in [0.15, 0.2) is 0 Å². The normalized spacial score (nSPS) is 19.9. The van der Waals surface area contributed by atoms with Crippen LogP contribution in [0.15, 0.2) is 18.3 Å². The molecule has 0 aliphatic carbocycles. The Bertz CT molecular complexity index is 424. The lowest BCUT2D eigenvalue weighted by Crippen LogP contribution is -2.46. The van der Waals surface area contributed by atoms with Crippen LogP contribution in [0.5, 0.6) is 0 Å². The Labute approximate surface area is 108 Å². The Morgan fingerprint density at radius 3 is 3.00 bits per heavy atom. The molecule has 0 aromatic carbocycles. The van der Waals surface area contributed by atoms with E-state index in [1.165, 1.54) is 0 Å². The van der Waals surface area contributed by atoms with Crippen molar-refractivity contribution in [3.63, 3.8) is 0 Å². The van der Waals surface area contributed by atoms with Gasteiger partial charge in [0.25, 0.3) is 0 Å². The Morgan fingerprint density at radius 1 is 1.56 bits per heavy atom. The van der Waals surface area contributed by atoms with E-state index < -0.39 is 0 Å². The molecule has 1 fully saturated rings. The molecule has 2 heterocycles. The lowest BCUT2D eigenvalue weighted by atomic mass is 10.2. The standard InChI is InChI=1S/C13H18N4O/c1-16(2)9-12-10-17(5-6-18-12)13-4-3-11(7-14)8-15-13/h3-4,8,12H,5-6,9-10H2,1-2H3. The smallest absolute Gasteiger partial charge is 0.128 e. The molecule has 18 heavy (non-hydrogen) atoms. The van der Waals surface area contributed by atoms with E-state index in [1.54, 1.807) is 12.3 Å². The van der Waals surface area contributed by atoms with Gasteiger partial charge >= 0.3 is 0 Å². The maximum Gasteiger partial charge on any atom is 0.128 e. The predicted octanol–water partition coefficient (Wildman–Crippen LogP) is 0.720. The highest BCUT2D eigenvalue weighted by Crippen LogP contribution is 2.15. The largest absolute Gasteiger partial charge is 0.373 e. The predicted molar refractivity (Wildman–Crippen MR) is 69.5 cm³/mol. The number of hydrogen-bond donors (Lipinski definition) is 0. The lowest BCUT2D eigenvalue weighted by Gasteiger charge is -2.34. The zero-order chi connectivity index (χ0) is 13.0. The summed E-state index contributed by atoms with van der Waals surface area (Å²) in [5, 5.41) is 8.75. The fourth-order valence-electron chi connectivity index (χ4n) is 2.08. The molecular formula is C13H18N4O. The number of anilines is 1. The summed E-state index contributed by atoms with van der Waals surface area (Å²) in [5.41, 5.74) is 0.594. The van der Waals surface area contributed by atoms with Gasteiger partial charge < -0.3 is 14.5 Å². The van der Waals surface area contributed by atoms with Crippen LogP contribution in [-0.2, 0) is 4.74 Å². The van der Waals surface area contributed by atoms with E-state index in [2.05, 4.69) is 20.9 Å². The van der Waals surface area contributed by atoms with E-state index in [4.69, 9.17) is 10.00 Å². The van der Waals surface area contributed by atoms with Gasteiger partial charge in [-0.25, -0.2) is 4.98 Å². The number of rotatable bonds is 3. The molecule has 1 aliphatic heterocycles. The van der Waals surface area contributed by atoms with Gasteiger partial charge in [-0.1, -0.05) is 0 Å². The third-order valence-corrected chi connectivity index (χ3v) is 2.91. The first-order valence-corrected chi connectivity index (χ1v) is 6.06. The summed E-state index contributed by atoms with van der Waals surface area (Å²) in [6.07, 6.45) is 1.83. The summed E-state index contributed by atoms with van der Waals surface area (Å²) in [7, 11) is 4.09. The lowest BCUT2D eigenvalue weighted by molar-refractivity contribution is 0.0245.